The predicted octanol–water partition coefficient (Wildman–Crippen LogP) is 16.3. The van der Waals surface area contributed by atoms with Gasteiger partial charge in [-0.15, -0.1) is 0 Å². The van der Waals surface area contributed by atoms with Crippen molar-refractivity contribution in [2.75, 3.05) is 4.90 Å². The fourth-order valence-corrected chi connectivity index (χ4v) is 9.93. The van der Waals surface area contributed by atoms with Crippen molar-refractivity contribution in [3.05, 3.63) is 259 Å². The molecule has 288 valence electrons. The Morgan fingerprint density at radius 3 is 1.61 bits per heavy atom. The molecule has 0 radical (unpaired) electrons. The molecule has 0 aromatic heterocycles. The van der Waals surface area contributed by atoms with Crippen LogP contribution in [-0.4, -0.2) is 0 Å². The van der Waals surface area contributed by atoms with Gasteiger partial charge in [0.2, 0.25) is 0 Å². The molecule has 0 bridgehead atoms. The molecule has 0 amide bonds. The molecule has 1 atom stereocenters. The average Bonchev–Trinajstić information content (AvgIpc) is 3.61. The maximum Gasteiger partial charge on any atom is 0.0543 e. The Bertz CT molecular complexity index is 3210. The zero-order valence-corrected chi connectivity index (χ0v) is 34.0. The number of hydrogen-bond acceptors (Lipinski definition) is 1. The van der Waals surface area contributed by atoms with E-state index in [1.165, 1.54) is 77.5 Å². The molecular formula is C60H43N. The lowest BCUT2D eigenvalue weighted by Crippen LogP contribution is -2.22. The summed E-state index contributed by atoms with van der Waals surface area (Å²) in [7, 11) is 0. The molecule has 0 spiro atoms. The third kappa shape index (κ3) is 6.09. The van der Waals surface area contributed by atoms with Crippen molar-refractivity contribution >= 4 is 27.8 Å². The first-order valence-corrected chi connectivity index (χ1v) is 21.2. The third-order valence-electron chi connectivity index (χ3n) is 12.8. The standard InChI is InChI=1S/C60H43N/c1-60(45-26-6-3-7-27-45)55-37-16-14-35-54(55)59-56(60)38-20-40-58(59)61(46-28-18-25-44(41-46)49-36-19-24-43-23-8-9-29-47(43)49)57-39-17-15-34-53(57)52-33-13-12-32-51(52)50-31-11-10-30-48(50)42-21-4-2-5-22-42/h2-41H,1H3. The van der Waals surface area contributed by atoms with Crippen molar-refractivity contribution in [2.24, 2.45) is 0 Å². The lowest BCUT2D eigenvalue weighted by atomic mass is 9.74. The monoisotopic (exact) mass is 777 g/mol. The molecule has 0 fully saturated rings. The Kier molecular flexibility index (Phi) is 9.02. The first kappa shape index (κ1) is 36.3. The molecule has 1 aliphatic carbocycles. The summed E-state index contributed by atoms with van der Waals surface area (Å²) in [4.78, 5) is 2.52. The number of para-hydroxylation sites is 1. The normalized spacial score (nSPS) is 14.0. The molecule has 10 aromatic carbocycles. The number of nitrogens with zero attached hydrogens (tertiary/aromatic N) is 1. The van der Waals surface area contributed by atoms with Crippen LogP contribution < -0.4 is 4.90 Å². The van der Waals surface area contributed by atoms with Gasteiger partial charge in [-0.25, -0.2) is 0 Å². The van der Waals surface area contributed by atoms with Gasteiger partial charge in [0.25, 0.3) is 0 Å². The molecular weight excluding hydrogens is 735 g/mol. The maximum absolute atomic E-state index is 2.52. The van der Waals surface area contributed by atoms with Crippen molar-refractivity contribution in [3.8, 4) is 55.6 Å². The van der Waals surface area contributed by atoms with Gasteiger partial charge in [-0.05, 0) is 103 Å². The summed E-state index contributed by atoms with van der Waals surface area (Å²) in [6, 6.07) is 88.8. The van der Waals surface area contributed by atoms with E-state index in [2.05, 4.69) is 254 Å². The Balaban J connectivity index is 1.18. The fraction of sp³-hybridized carbons (Fsp3) is 0.0333. The van der Waals surface area contributed by atoms with E-state index in [0.717, 1.165) is 22.6 Å². The molecule has 61 heavy (non-hydrogen) atoms. The average molecular weight is 778 g/mol. The number of benzene rings is 10. The first-order chi connectivity index (χ1) is 30.2. The highest BCUT2D eigenvalue weighted by Crippen LogP contribution is 2.57. The summed E-state index contributed by atoms with van der Waals surface area (Å²) in [5.74, 6) is 0. The van der Waals surface area contributed by atoms with Gasteiger partial charge >= 0.3 is 0 Å². The minimum absolute atomic E-state index is 0.340. The van der Waals surface area contributed by atoms with Gasteiger partial charge in [0.1, 0.15) is 0 Å². The minimum atomic E-state index is -0.340. The molecule has 0 saturated carbocycles. The van der Waals surface area contributed by atoms with Gasteiger partial charge in [-0.2, -0.15) is 0 Å². The van der Waals surface area contributed by atoms with Crippen molar-refractivity contribution in [2.45, 2.75) is 12.3 Å². The summed E-state index contributed by atoms with van der Waals surface area (Å²) < 4.78 is 0. The van der Waals surface area contributed by atoms with Crippen molar-refractivity contribution in [1.82, 2.24) is 0 Å². The van der Waals surface area contributed by atoms with Crippen molar-refractivity contribution < 1.29 is 0 Å². The molecule has 0 saturated heterocycles. The van der Waals surface area contributed by atoms with Gasteiger partial charge in [0.15, 0.2) is 0 Å². The Morgan fingerprint density at radius 2 is 0.820 bits per heavy atom. The molecule has 1 unspecified atom stereocenters. The second-order valence-corrected chi connectivity index (χ2v) is 16.1. The predicted molar refractivity (Wildman–Crippen MR) is 258 cm³/mol. The number of fused-ring (bicyclic) bond motifs is 4. The van der Waals surface area contributed by atoms with Gasteiger partial charge in [0, 0.05) is 22.2 Å². The SMILES string of the molecule is CC1(c2ccccc2)c2ccccc2-c2c(N(c3cccc(-c4cccc5ccccc45)c3)c3ccccc3-c3ccccc3-c3ccccc3-c3ccccc3)cccc21. The van der Waals surface area contributed by atoms with Crippen LogP contribution in [0.2, 0.25) is 0 Å². The Morgan fingerprint density at radius 1 is 0.328 bits per heavy atom. The van der Waals surface area contributed by atoms with Crippen LogP contribution in [0.5, 0.6) is 0 Å². The number of hydrogen-bond donors (Lipinski definition) is 0. The fourth-order valence-electron chi connectivity index (χ4n) is 9.93. The van der Waals surface area contributed by atoms with E-state index in [1.54, 1.807) is 0 Å². The van der Waals surface area contributed by atoms with E-state index in [4.69, 9.17) is 0 Å². The number of anilines is 3. The smallest absolute Gasteiger partial charge is 0.0543 e. The highest BCUT2D eigenvalue weighted by Gasteiger charge is 2.42. The molecule has 11 rings (SSSR count). The highest BCUT2D eigenvalue weighted by atomic mass is 15.1. The van der Waals surface area contributed by atoms with Crippen LogP contribution >= 0.6 is 0 Å². The Hall–Kier alpha value is -7.74. The second kappa shape index (κ2) is 15.1. The van der Waals surface area contributed by atoms with E-state index in [1.807, 2.05) is 0 Å². The molecule has 0 N–H and O–H groups in total. The van der Waals surface area contributed by atoms with Gasteiger partial charge in [-0.1, -0.05) is 218 Å². The van der Waals surface area contributed by atoms with Gasteiger partial charge < -0.3 is 4.90 Å². The molecule has 0 heterocycles. The Labute approximate surface area is 358 Å². The van der Waals surface area contributed by atoms with Crippen molar-refractivity contribution in [3.63, 3.8) is 0 Å². The first-order valence-electron chi connectivity index (χ1n) is 21.2. The van der Waals surface area contributed by atoms with Crippen LogP contribution in [0.25, 0.3) is 66.4 Å². The van der Waals surface area contributed by atoms with Gasteiger partial charge in [-0.3, -0.25) is 0 Å². The largest absolute Gasteiger partial charge is 0.309 e. The maximum atomic E-state index is 2.52. The van der Waals surface area contributed by atoms with E-state index in [0.29, 0.717) is 0 Å². The lowest BCUT2D eigenvalue weighted by Gasteiger charge is -2.32. The van der Waals surface area contributed by atoms with Crippen LogP contribution in [0.15, 0.2) is 243 Å². The van der Waals surface area contributed by atoms with E-state index in [9.17, 15) is 0 Å². The summed E-state index contributed by atoms with van der Waals surface area (Å²) in [5.41, 5.74) is 19.0. The highest BCUT2D eigenvalue weighted by molar-refractivity contribution is 6.02. The zero-order valence-electron chi connectivity index (χ0n) is 34.0. The van der Waals surface area contributed by atoms with Crippen molar-refractivity contribution in [1.29, 1.82) is 0 Å². The van der Waals surface area contributed by atoms with Crippen LogP contribution in [0, 0.1) is 0 Å². The lowest BCUT2D eigenvalue weighted by molar-refractivity contribution is 0.714. The van der Waals surface area contributed by atoms with Crippen LogP contribution in [0.4, 0.5) is 17.1 Å². The van der Waals surface area contributed by atoms with E-state index >= 15 is 0 Å². The second-order valence-electron chi connectivity index (χ2n) is 16.1. The van der Waals surface area contributed by atoms with Crippen LogP contribution in [0.1, 0.15) is 23.6 Å². The van der Waals surface area contributed by atoms with E-state index in [-0.39, 0.29) is 5.41 Å². The summed E-state index contributed by atoms with van der Waals surface area (Å²) in [6.07, 6.45) is 0. The van der Waals surface area contributed by atoms with Crippen LogP contribution in [0.3, 0.4) is 0 Å². The third-order valence-corrected chi connectivity index (χ3v) is 12.8. The minimum Gasteiger partial charge on any atom is -0.309 e. The number of rotatable bonds is 8. The van der Waals surface area contributed by atoms with E-state index < -0.39 is 0 Å². The molecule has 10 aromatic rings. The summed E-state index contributed by atoms with van der Waals surface area (Å²) >= 11 is 0. The van der Waals surface area contributed by atoms with Crippen LogP contribution in [-0.2, 0) is 5.41 Å². The van der Waals surface area contributed by atoms with Gasteiger partial charge in [0.05, 0.1) is 11.4 Å². The summed E-state index contributed by atoms with van der Waals surface area (Å²) in [5, 5.41) is 2.48. The zero-order chi connectivity index (χ0) is 40.8. The quantitative estimate of drug-likeness (QED) is 0.149. The molecule has 0 aliphatic heterocycles. The molecule has 1 aliphatic rings. The molecule has 1 nitrogen and oxygen atoms in total. The summed E-state index contributed by atoms with van der Waals surface area (Å²) in [6.45, 7) is 2.40. The molecule has 1 heteroatoms. The topological polar surface area (TPSA) is 3.24 Å².